The van der Waals surface area contributed by atoms with E-state index in [2.05, 4.69) is 10.2 Å². The molecule has 2 aromatic rings. The fourth-order valence-electron chi connectivity index (χ4n) is 1.66. The normalized spacial score (nSPS) is 10.2. The number of nitrogens with zero attached hydrogens (tertiary/aromatic N) is 2. The summed E-state index contributed by atoms with van der Waals surface area (Å²) in [6.45, 7) is 2.00. The summed E-state index contributed by atoms with van der Waals surface area (Å²) in [6.07, 6.45) is 0. The van der Waals surface area contributed by atoms with Crippen LogP contribution in [0.5, 0.6) is 5.75 Å². The van der Waals surface area contributed by atoms with Crippen molar-refractivity contribution in [3.63, 3.8) is 0 Å². The first-order valence-electron chi connectivity index (χ1n) is 5.15. The van der Waals surface area contributed by atoms with Gasteiger partial charge in [0.1, 0.15) is 11.6 Å². The van der Waals surface area contributed by atoms with Crippen molar-refractivity contribution < 1.29 is 4.74 Å². The number of rotatable bonds is 2. The maximum atomic E-state index is 5.81. The van der Waals surface area contributed by atoms with Gasteiger partial charge in [-0.25, -0.2) is 0 Å². The number of methoxy groups -OCH3 is 1. The molecule has 2 rings (SSSR count). The summed E-state index contributed by atoms with van der Waals surface area (Å²) < 4.78 is 5.31. The molecule has 0 aliphatic rings. The lowest BCUT2D eigenvalue weighted by molar-refractivity contribution is 0.416. The number of nitrogens with two attached hydrogens (primary N) is 2. The van der Waals surface area contributed by atoms with Crippen molar-refractivity contribution in [3.05, 3.63) is 29.8 Å². The van der Waals surface area contributed by atoms with Gasteiger partial charge >= 0.3 is 0 Å². The molecule has 0 fully saturated rings. The van der Waals surface area contributed by atoms with Crippen molar-refractivity contribution >= 4 is 11.6 Å². The summed E-state index contributed by atoms with van der Waals surface area (Å²) in [6, 6.07) is 7.53. The second kappa shape index (κ2) is 4.29. The Bertz CT molecular complexity index is 554. The molecular weight excluding hydrogens is 216 g/mol. The highest BCUT2D eigenvalue weighted by Crippen LogP contribution is 2.33. The second-order valence-electron chi connectivity index (χ2n) is 3.77. The van der Waals surface area contributed by atoms with Gasteiger partial charge in [-0.05, 0) is 25.1 Å². The van der Waals surface area contributed by atoms with Crippen LogP contribution in [0.4, 0.5) is 11.6 Å². The molecule has 88 valence electrons. The Morgan fingerprint density at radius 2 is 1.82 bits per heavy atom. The number of ether oxygens (including phenoxy) is 1. The maximum Gasteiger partial charge on any atom is 0.154 e. The lowest BCUT2D eigenvalue weighted by Crippen LogP contribution is -2.01. The van der Waals surface area contributed by atoms with E-state index in [1.54, 1.807) is 13.2 Å². The molecule has 17 heavy (non-hydrogen) atoms. The molecule has 0 radical (unpaired) electrons. The quantitative estimate of drug-likeness (QED) is 0.818. The van der Waals surface area contributed by atoms with Crippen LogP contribution in [0.15, 0.2) is 24.3 Å². The molecular formula is C12H14N4O. The highest BCUT2D eigenvalue weighted by Gasteiger charge is 2.11. The Hall–Kier alpha value is -2.30. The van der Waals surface area contributed by atoms with E-state index < -0.39 is 0 Å². The van der Waals surface area contributed by atoms with Gasteiger partial charge in [-0.15, -0.1) is 10.2 Å². The van der Waals surface area contributed by atoms with Crippen molar-refractivity contribution in [3.8, 4) is 16.9 Å². The van der Waals surface area contributed by atoms with Crippen molar-refractivity contribution in [2.24, 2.45) is 0 Å². The average molecular weight is 230 g/mol. The van der Waals surface area contributed by atoms with Crippen LogP contribution in [-0.4, -0.2) is 17.3 Å². The molecule has 5 nitrogen and oxygen atoms in total. The SMILES string of the molecule is COc1ccc(C)cc1-c1cc(N)nnc1N. The number of anilines is 2. The van der Waals surface area contributed by atoms with E-state index in [1.165, 1.54) is 0 Å². The average Bonchev–Trinajstić information content (AvgIpc) is 2.32. The van der Waals surface area contributed by atoms with E-state index in [4.69, 9.17) is 16.2 Å². The van der Waals surface area contributed by atoms with Gasteiger partial charge in [-0.3, -0.25) is 0 Å². The van der Waals surface area contributed by atoms with Gasteiger partial charge in [0.15, 0.2) is 5.82 Å². The molecule has 5 heteroatoms. The van der Waals surface area contributed by atoms with Crippen molar-refractivity contribution in [1.29, 1.82) is 0 Å². The Morgan fingerprint density at radius 1 is 1.06 bits per heavy atom. The predicted molar refractivity (Wildman–Crippen MR) is 67.6 cm³/mol. The minimum atomic E-state index is 0.331. The van der Waals surface area contributed by atoms with E-state index in [9.17, 15) is 0 Å². The lowest BCUT2D eigenvalue weighted by Gasteiger charge is -2.11. The largest absolute Gasteiger partial charge is 0.496 e. The summed E-state index contributed by atoms with van der Waals surface area (Å²) in [5.74, 6) is 1.40. The van der Waals surface area contributed by atoms with Crippen LogP contribution in [0, 0.1) is 6.92 Å². The smallest absolute Gasteiger partial charge is 0.154 e. The van der Waals surface area contributed by atoms with Crippen LogP contribution in [0.2, 0.25) is 0 Å². The lowest BCUT2D eigenvalue weighted by atomic mass is 10.0. The Morgan fingerprint density at radius 3 is 2.53 bits per heavy atom. The van der Waals surface area contributed by atoms with E-state index in [0.29, 0.717) is 11.6 Å². The van der Waals surface area contributed by atoms with Crippen LogP contribution in [0.25, 0.3) is 11.1 Å². The monoisotopic (exact) mass is 230 g/mol. The molecule has 0 spiro atoms. The highest BCUT2D eigenvalue weighted by molar-refractivity contribution is 5.80. The zero-order valence-corrected chi connectivity index (χ0v) is 9.77. The summed E-state index contributed by atoms with van der Waals surface area (Å²) in [4.78, 5) is 0. The molecule has 1 aromatic heterocycles. The van der Waals surface area contributed by atoms with E-state index in [0.717, 1.165) is 22.4 Å². The summed E-state index contributed by atoms with van der Waals surface area (Å²) >= 11 is 0. The predicted octanol–water partition coefficient (Wildman–Crippen LogP) is 1.63. The van der Waals surface area contributed by atoms with Gasteiger partial charge in [0.25, 0.3) is 0 Å². The summed E-state index contributed by atoms with van der Waals surface area (Å²) in [7, 11) is 1.61. The number of nitrogen functional groups attached to an aromatic ring is 2. The zero-order chi connectivity index (χ0) is 12.4. The van der Waals surface area contributed by atoms with Gasteiger partial charge in [0, 0.05) is 11.1 Å². The van der Waals surface area contributed by atoms with Crippen LogP contribution in [-0.2, 0) is 0 Å². The fourth-order valence-corrected chi connectivity index (χ4v) is 1.66. The van der Waals surface area contributed by atoms with Gasteiger partial charge in [-0.1, -0.05) is 11.6 Å². The fraction of sp³-hybridized carbons (Fsp3) is 0.167. The summed E-state index contributed by atoms with van der Waals surface area (Å²) in [5, 5.41) is 7.51. The Labute approximate surface area is 99.4 Å². The Balaban J connectivity index is 2.66. The van der Waals surface area contributed by atoms with Crippen LogP contribution in [0.3, 0.4) is 0 Å². The third kappa shape index (κ3) is 2.13. The third-order valence-electron chi connectivity index (χ3n) is 2.49. The zero-order valence-electron chi connectivity index (χ0n) is 9.77. The molecule has 0 aliphatic carbocycles. The molecule has 0 aliphatic heterocycles. The molecule has 0 bridgehead atoms. The molecule has 4 N–H and O–H groups in total. The van der Waals surface area contributed by atoms with Gasteiger partial charge in [0.05, 0.1) is 7.11 Å². The maximum absolute atomic E-state index is 5.81. The minimum Gasteiger partial charge on any atom is -0.496 e. The van der Waals surface area contributed by atoms with Gasteiger partial charge in [0.2, 0.25) is 0 Å². The third-order valence-corrected chi connectivity index (χ3v) is 2.49. The molecule has 1 heterocycles. The number of aryl methyl sites for hydroxylation is 1. The van der Waals surface area contributed by atoms with Crippen LogP contribution < -0.4 is 16.2 Å². The standard InChI is InChI=1S/C12H14N4O/c1-7-3-4-10(17-2)8(5-7)9-6-11(13)15-16-12(9)14/h3-6H,1-2H3,(H2,13,15)(H2,14,16). The molecule has 0 unspecified atom stereocenters. The number of benzene rings is 1. The van der Waals surface area contributed by atoms with Crippen molar-refractivity contribution in [2.75, 3.05) is 18.6 Å². The molecule has 0 saturated carbocycles. The number of aromatic nitrogens is 2. The first-order chi connectivity index (χ1) is 8.11. The van der Waals surface area contributed by atoms with Gasteiger partial charge in [-0.2, -0.15) is 0 Å². The highest BCUT2D eigenvalue weighted by atomic mass is 16.5. The van der Waals surface area contributed by atoms with E-state index in [1.807, 2.05) is 25.1 Å². The molecule has 0 atom stereocenters. The van der Waals surface area contributed by atoms with Crippen molar-refractivity contribution in [1.82, 2.24) is 10.2 Å². The number of hydrogen-bond donors (Lipinski definition) is 2. The van der Waals surface area contributed by atoms with Crippen molar-refractivity contribution in [2.45, 2.75) is 6.92 Å². The topological polar surface area (TPSA) is 87.0 Å². The van der Waals surface area contributed by atoms with Crippen LogP contribution >= 0.6 is 0 Å². The van der Waals surface area contributed by atoms with Crippen LogP contribution in [0.1, 0.15) is 5.56 Å². The van der Waals surface area contributed by atoms with Gasteiger partial charge < -0.3 is 16.2 Å². The van der Waals surface area contributed by atoms with E-state index >= 15 is 0 Å². The molecule has 1 aromatic carbocycles. The summed E-state index contributed by atoms with van der Waals surface area (Å²) in [5.41, 5.74) is 14.1. The second-order valence-corrected chi connectivity index (χ2v) is 3.77. The van der Waals surface area contributed by atoms with E-state index in [-0.39, 0.29) is 0 Å². The Kier molecular flexibility index (Phi) is 2.82. The molecule has 0 saturated heterocycles. The number of hydrogen-bond acceptors (Lipinski definition) is 5. The first-order valence-corrected chi connectivity index (χ1v) is 5.15. The first kappa shape index (κ1) is 11.2. The minimum absolute atomic E-state index is 0.331. The molecule has 0 amide bonds.